The van der Waals surface area contributed by atoms with Crippen LogP contribution in [0.15, 0.2) is 53.1 Å². The lowest BCUT2D eigenvalue weighted by molar-refractivity contribution is 0.390. The van der Waals surface area contributed by atoms with E-state index in [9.17, 15) is 8.42 Å². The zero-order valence-corrected chi connectivity index (χ0v) is 12.2. The molecule has 1 aliphatic carbocycles. The van der Waals surface area contributed by atoms with Gasteiger partial charge in [-0.25, -0.2) is 0 Å². The van der Waals surface area contributed by atoms with Crippen molar-refractivity contribution >= 4 is 10.1 Å². The Morgan fingerprint density at radius 1 is 1.16 bits per heavy atom. The highest BCUT2D eigenvalue weighted by atomic mass is 32.2. The molecule has 2 rings (SSSR count). The molecule has 1 aromatic rings. The first kappa shape index (κ1) is 13.9. The molecule has 0 saturated heterocycles. The van der Waals surface area contributed by atoms with Gasteiger partial charge >= 0.3 is 10.1 Å². The van der Waals surface area contributed by atoms with Crippen molar-refractivity contribution in [3.05, 3.63) is 53.8 Å². The van der Waals surface area contributed by atoms with E-state index in [0.29, 0.717) is 5.76 Å². The van der Waals surface area contributed by atoms with Gasteiger partial charge in [0.2, 0.25) is 0 Å². The van der Waals surface area contributed by atoms with E-state index in [-0.39, 0.29) is 10.3 Å². The molecular weight excluding hydrogens is 260 g/mol. The monoisotopic (exact) mass is 278 g/mol. The van der Waals surface area contributed by atoms with Crippen LogP contribution >= 0.6 is 0 Å². The van der Waals surface area contributed by atoms with Gasteiger partial charge in [0.15, 0.2) is 0 Å². The maximum Gasteiger partial charge on any atom is 0.339 e. The van der Waals surface area contributed by atoms with Gasteiger partial charge in [-0.3, -0.25) is 0 Å². The van der Waals surface area contributed by atoms with Crippen molar-refractivity contribution in [2.24, 2.45) is 5.41 Å². The molecule has 0 radical (unpaired) electrons. The largest absolute Gasteiger partial charge is 0.379 e. The average molecular weight is 278 g/mol. The summed E-state index contributed by atoms with van der Waals surface area (Å²) in [4.78, 5) is 0.177. The van der Waals surface area contributed by atoms with E-state index in [1.807, 2.05) is 32.9 Å². The zero-order valence-electron chi connectivity index (χ0n) is 11.4. The van der Waals surface area contributed by atoms with Crippen molar-refractivity contribution in [2.75, 3.05) is 0 Å². The number of benzene rings is 1. The Morgan fingerprint density at radius 2 is 1.79 bits per heavy atom. The molecule has 0 heterocycles. The first-order chi connectivity index (χ1) is 8.78. The molecule has 0 aromatic heterocycles. The van der Waals surface area contributed by atoms with Gasteiger partial charge in [-0.05, 0) is 43.0 Å². The Morgan fingerprint density at radius 3 is 2.37 bits per heavy atom. The second-order valence-electron chi connectivity index (χ2n) is 5.49. The second kappa shape index (κ2) is 4.85. The van der Waals surface area contributed by atoms with Crippen molar-refractivity contribution in [1.82, 2.24) is 0 Å². The summed E-state index contributed by atoms with van der Waals surface area (Å²) in [5.74, 6) is 0.386. The number of hydrogen-bond donors (Lipinski definition) is 0. The van der Waals surface area contributed by atoms with Gasteiger partial charge in [0.05, 0.1) is 0 Å². The van der Waals surface area contributed by atoms with Crippen LogP contribution in [0.3, 0.4) is 0 Å². The third-order valence-corrected chi connectivity index (χ3v) is 4.24. The summed E-state index contributed by atoms with van der Waals surface area (Å²) in [7, 11) is -3.75. The lowest BCUT2D eigenvalue weighted by atomic mass is 9.86. The van der Waals surface area contributed by atoms with E-state index < -0.39 is 10.1 Å². The molecular formula is C15H18O3S. The highest BCUT2D eigenvalue weighted by Gasteiger charge is 2.22. The van der Waals surface area contributed by atoms with Crippen LogP contribution in [0.2, 0.25) is 0 Å². The van der Waals surface area contributed by atoms with E-state index >= 15 is 0 Å². The molecule has 0 bridgehead atoms. The molecule has 0 saturated carbocycles. The first-order valence-electron chi connectivity index (χ1n) is 6.19. The summed E-state index contributed by atoms with van der Waals surface area (Å²) in [6.45, 7) is 5.99. The number of aryl methyl sites for hydroxylation is 1. The Kier molecular flexibility index (Phi) is 3.54. The van der Waals surface area contributed by atoms with Gasteiger partial charge < -0.3 is 4.18 Å². The maximum absolute atomic E-state index is 12.1. The Bertz CT molecular complexity index is 620. The van der Waals surface area contributed by atoms with Gasteiger partial charge in [-0.2, -0.15) is 8.42 Å². The van der Waals surface area contributed by atoms with Crippen LogP contribution in [-0.4, -0.2) is 8.42 Å². The van der Waals surface area contributed by atoms with E-state index in [2.05, 4.69) is 0 Å². The fourth-order valence-electron chi connectivity index (χ4n) is 1.90. The third kappa shape index (κ3) is 3.47. The fourth-order valence-corrected chi connectivity index (χ4v) is 2.83. The van der Waals surface area contributed by atoms with Crippen LogP contribution in [0, 0.1) is 12.3 Å². The summed E-state index contributed by atoms with van der Waals surface area (Å²) < 4.78 is 29.4. The summed E-state index contributed by atoms with van der Waals surface area (Å²) in [5, 5.41) is 0. The Hall–Kier alpha value is -1.55. The highest BCUT2D eigenvalue weighted by molar-refractivity contribution is 7.86. The van der Waals surface area contributed by atoms with Gasteiger partial charge in [0.25, 0.3) is 0 Å². The molecule has 0 unspecified atom stereocenters. The molecule has 19 heavy (non-hydrogen) atoms. The molecule has 0 aliphatic heterocycles. The molecule has 4 heteroatoms. The minimum Gasteiger partial charge on any atom is -0.379 e. The minimum atomic E-state index is -3.75. The van der Waals surface area contributed by atoms with Crippen molar-refractivity contribution in [2.45, 2.75) is 32.1 Å². The lowest BCUT2D eigenvalue weighted by Crippen LogP contribution is -2.13. The van der Waals surface area contributed by atoms with Gasteiger partial charge in [-0.15, -0.1) is 0 Å². The van der Waals surface area contributed by atoms with Gasteiger partial charge in [0, 0.05) is 0 Å². The van der Waals surface area contributed by atoms with E-state index in [1.165, 1.54) is 0 Å². The van der Waals surface area contributed by atoms with Crippen molar-refractivity contribution in [3.8, 4) is 0 Å². The van der Waals surface area contributed by atoms with Crippen LogP contribution < -0.4 is 0 Å². The predicted molar refractivity (Wildman–Crippen MR) is 75.1 cm³/mol. The Labute approximate surface area is 114 Å². The lowest BCUT2D eigenvalue weighted by Gasteiger charge is -2.22. The third-order valence-electron chi connectivity index (χ3n) is 2.97. The molecule has 0 fully saturated rings. The van der Waals surface area contributed by atoms with Crippen LogP contribution in [0.1, 0.15) is 25.8 Å². The van der Waals surface area contributed by atoms with Crippen LogP contribution in [0.25, 0.3) is 0 Å². The average Bonchev–Trinajstić information content (AvgIpc) is 2.27. The highest BCUT2D eigenvalue weighted by Crippen LogP contribution is 2.30. The molecule has 3 nitrogen and oxygen atoms in total. The van der Waals surface area contributed by atoms with Gasteiger partial charge in [-0.1, -0.05) is 37.6 Å². The summed E-state index contributed by atoms with van der Waals surface area (Å²) in [6.07, 6.45) is 6.36. The number of hydrogen-bond acceptors (Lipinski definition) is 3. The van der Waals surface area contributed by atoms with Crippen LogP contribution in [0.5, 0.6) is 0 Å². The summed E-state index contributed by atoms with van der Waals surface area (Å²) >= 11 is 0. The molecule has 1 aliphatic rings. The molecule has 0 atom stereocenters. The quantitative estimate of drug-likeness (QED) is 0.794. The van der Waals surface area contributed by atoms with E-state index in [1.54, 1.807) is 30.3 Å². The van der Waals surface area contributed by atoms with Gasteiger partial charge in [0.1, 0.15) is 10.7 Å². The predicted octanol–water partition coefficient (Wildman–Crippen LogP) is 3.57. The van der Waals surface area contributed by atoms with E-state index in [0.717, 1.165) is 12.0 Å². The standard InChI is InChI=1S/C15H18O3S/c1-12-6-8-14(9-7-12)19(16,17)18-13-5-4-10-15(2,3)11-13/h4-9,11H,10H2,1-3H3. The molecule has 1 aromatic carbocycles. The smallest absolute Gasteiger partial charge is 0.339 e. The number of allylic oxidation sites excluding steroid dienone is 3. The summed E-state index contributed by atoms with van der Waals surface area (Å²) in [6, 6.07) is 6.63. The van der Waals surface area contributed by atoms with Crippen LogP contribution in [-0.2, 0) is 14.3 Å². The topological polar surface area (TPSA) is 43.4 Å². The van der Waals surface area contributed by atoms with Crippen molar-refractivity contribution in [1.29, 1.82) is 0 Å². The normalized spacial score (nSPS) is 17.9. The molecule has 0 N–H and O–H groups in total. The van der Waals surface area contributed by atoms with Crippen LogP contribution in [0.4, 0.5) is 0 Å². The van der Waals surface area contributed by atoms with E-state index in [4.69, 9.17) is 4.18 Å². The zero-order chi connectivity index (χ0) is 14.1. The van der Waals surface area contributed by atoms with Crippen molar-refractivity contribution < 1.29 is 12.6 Å². The minimum absolute atomic E-state index is 0.0765. The summed E-state index contributed by atoms with van der Waals surface area (Å²) in [5.41, 5.74) is 0.934. The molecule has 0 amide bonds. The number of rotatable bonds is 3. The van der Waals surface area contributed by atoms with Crippen molar-refractivity contribution in [3.63, 3.8) is 0 Å². The fraction of sp³-hybridized carbons (Fsp3) is 0.333. The maximum atomic E-state index is 12.1. The first-order valence-corrected chi connectivity index (χ1v) is 7.60. The Balaban J connectivity index is 2.25. The second-order valence-corrected chi connectivity index (χ2v) is 7.04. The SMILES string of the molecule is Cc1ccc(S(=O)(=O)OC2=CC(C)(C)CC=C2)cc1. The molecule has 0 spiro atoms. The molecule has 102 valence electrons.